The van der Waals surface area contributed by atoms with Crippen molar-refractivity contribution in [3.63, 3.8) is 0 Å². The highest BCUT2D eigenvalue weighted by atomic mass is 16.6. The largest absolute Gasteiger partial charge is 0.423 e. The lowest BCUT2D eigenvalue weighted by Gasteiger charge is -2.09. The molecule has 5 rings (SSSR count). The monoisotopic (exact) mass is 516 g/mol. The maximum absolute atomic E-state index is 13.1. The van der Waals surface area contributed by atoms with Crippen molar-refractivity contribution < 1.29 is 19.2 Å². The molecule has 0 atom stereocenters. The van der Waals surface area contributed by atoms with Gasteiger partial charge in [-0.2, -0.15) is 5.10 Å². The fourth-order valence-electron chi connectivity index (χ4n) is 3.92. The van der Waals surface area contributed by atoms with Gasteiger partial charge < -0.3 is 4.74 Å². The van der Waals surface area contributed by atoms with Crippen LogP contribution in [-0.4, -0.2) is 28.0 Å². The standard InChI is InChI=1S/C30H20N4O5/c35-29(26-18-28(21-9-2-1-3-10-21)32-27-15-5-4-14-25(26)27)33-31-19-20-8-6-13-24(16-20)39-30(36)22-11-7-12-23(17-22)34(37)38/h1-19H,(H,33,35). The highest BCUT2D eigenvalue weighted by molar-refractivity contribution is 6.07. The molecule has 9 nitrogen and oxygen atoms in total. The first-order valence-electron chi connectivity index (χ1n) is 11.8. The number of para-hydroxylation sites is 1. The zero-order chi connectivity index (χ0) is 27.2. The second-order valence-electron chi connectivity index (χ2n) is 8.41. The molecule has 0 saturated heterocycles. The molecular formula is C30H20N4O5. The van der Waals surface area contributed by atoms with Gasteiger partial charge in [0.1, 0.15) is 5.75 Å². The van der Waals surface area contributed by atoms with Gasteiger partial charge in [0.15, 0.2) is 0 Å². The van der Waals surface area contributed by atoms with Crippen LogP contribution in [0.4, 0.5) is 5.69 Å². The normalized spacial score (nSPS) is 10.9. The van der Waals surface area contributed by atoms with Crippen LogP contribution in [-0.2, 0) is 0 Å². The van der Waals surface area contributed by atoms with Crippen molar-refractivity contribution in [1.29, 1.82) is 0 Å². The molecule has 0 aliphatic rings. The van der Waals surface area contributed by atoms with Crippen LogP contribution in [0.1, 0.15) is 26.3 Å². The number of nitro benzene ring substituents is 1. The number of amides is 1. The van der Waals surface area contributed by atoms with Crippen molar-refractivity contribution in [2.45, 2.75) is 0 Å². The number of rotatable bonds is 7. The van der Waals surface area contributed by atoms with Gasteiger partial charge in [-0.1, -0.05) is 66.7 Å². The summed E-state index contributed by atoms with van der Waals surface area (Å²) in [6, 6.07) is 30.5. The molecule has 190 valence electrons. The van der Waals surface area contributed by atoms with Crippen LogP contribution in [0.5, 0.6) is 5.75 Å². The fourth-order valence-corrected chi connectivity index (χ4v) is 3.92. The van der Waals surface area contributed by atoms with Crippen LogP contribution < -0.4 is 10.2 Å². The number of nitrogens with zero attached hydrogens (tertiary/aromatic N) is 3. The quantitative estimate of drug-likeness (QED) is 0.0960. The van der Waals surface area contributed by atoms with Gasteiger partial charge in [0.25, 0.3) is 11.6 Å². The van der Waals surface area contributed by atoms with Gasteiger partial charge in [0.05, 0.1) is 33.5 Å². The molecule has 0 aliphatic carbocycles. The number of benzene rings is 4. The van der Waals surface area contributed by atoms with E-state index in [-0.39, 0.29) is 17.0 Å². The van der Waals surface area contributed by atoms with E-state index in [1.807, 2.05) is 54.6 Å². The smallest absolute Gasteiger partial charge is 0.343 e. The third-order valence-corrected chi connectivity index (χ3v) is 5.77. The number of carbonyl (C=O) groups excluding carboxylic acids is 2. The van der Waals surface area contributed by atoms with E-state index in [1.165, 1.54) is 24.4 Å². The summed E-state index contributed by atoms with van der Waals surface area (Å²) in [5.74, 6) is -0.926. The number of carbonyl (C=O) groups is 2. The lowest BCUT2D eigenvalue weighted by Crippen LogP contribution is -2.18. The summed E-state index contributed by atoms with van der Waals surface area (Å²) in [5.41, 5.74) is 5.62. The number of nitrogens with one attached hydrogen (secondary N) is 1. The number of nitro groups is 1. The van der Waals surface area contributed by atoms with Gasteiger partial charge in [-0.15, -0.1) is 0 Å². The minimum Gasteiger partial charge on any atom is -0.423 e. The van der Waals surface area contributed by atoms with Crippen LogP contribution in [0.15, 0.2) is 114 Å². The molecule has 1 amide bonds. The summed E-state index contributed by atoms with van der Waals surface area (Å²) < 4.78 is 5.36. The van der Waals surface area contributed by atoms with Gasteiger partial charge >= 0.3 is 5.97 Å². The average Bonchev–Trinajstić information content (AvgIpc) is 2.97. The second kappa shape index (κ2) is 11.1. The molecule has 9 heteroatoms. The van der Waals surface area contributed by atoms with E-state index in [1.54, 1.807) is 30.3 Å². The Morgan fingerprint density at radius 2 is 1.64 bits per heavy atom. The van der Waals surface area contributed by atoms with Gasteiger partial charge in [-0.05, 0) is 35.9 Å². The van der Waals surface area contributed by atoms with Gasteiger partial charge in [0, 0.05) is 23.1 Å². The molecule has 0 bridgehead atoms. The molecule has 0 fully saturated rings. The number of esters is 1. The minimum absolute atomic E-state index is 0.0509. The first-order chi connectivity index (χ1) is 19.0. The number of ether oxygens (including phenoxy) is 1. The van der Waals surface area contributed by atoms with Crippen molar-refractivity contribution >= 4 is 34.7 Å². The Kier molecular flexibility index (Phi) is 7.13. The molecule has 4 aromatic carbocycles. The Hall–Kier alpha value is -5.70. The van der Waals surface area contributed by atoms with Crippen LogP contribution >= 0.6 is 0 Å². The van der Waals surface area contributed by atoms with Crippen molar-refractivity contribution in [2.24, 2.45) is 5.10 Å². The predicted octanol–water partition coefficient (Wildman–Crippen LogP) is 5.79. The molecule has 0 radical (unpaired) electrons. The zero-order valence-corrected chi connectivity index (χ0v) is 20.4. The SMILES string of the molecule is O=C(Oc1cccc(C=NNC(=O)c2cc(-c3ccccc3)nc3ccccc23)c1)c1cccc([N+](=O)[O-])c1. The number of hydrazone groups is 1. The highest BCUT2D eigenvalue weighted by Crippen LogP contribution is 2.25. The third kappa shape index (κ3) is 5.83. The fraction of sp³-hybridized carbons (Fsp3) is 0. The zero-order valence-electron chi connectivity index (χ0n) is 20.4. The molecule has 0 aliphatic heterocycles. The van der Waals surface area contributed by atoms with Crippen LogP contribution in [0, 0.1) is 10.1 Å². The Labute approximate surface area is 222 Å². The van der Waals surface area contributed by atoms with Gasteiger partial charge in [0.2, 0.25) is 0 Å². The van der Waals surface area contributed by atoms with Crippen LogP contribution in [0.25, 0.3) is 22.2 Å². The summed E-state index contributed by atoms with van der Waals surface area (Å²) >= 11 is 0. The van der Waals surface area contributed by atoms with Crippen molar-refractivity contribution in [1.82, 2.24) is 10.4 Å². The molecule has 0 unspecified atom stereocenters. The molecule has 1 heterocycles. The number of non-ortho nitro benzene ring substituents is 1. The lowest BCUT2D eigenvalue weighted by atomic mass is 10.0. The van der Waals surface area contributed by atoms with E-state index in [0.29, 0.717) is 27.7 Å². The number of hydrogen-bond acceptors (Lipinski definition) is 7. The number of pyridine rings is 1. The van der Waals surface area contributed by atoms with Crippen LogP contribution in [0.2, 0.25) is 0 Å². The Morgan fingerprint density at radius 3 is 2.46 bits per heavy atom. The molecule has 0 spiro atoms. The average molecular weight is 517 g/mol. The predicted molar refractivity (Wildman–Crippen MR) is 147 cm³/mol. The number of hydrogen-bond donors (Lipinski definition) is 1. The highest BCUT2D eigenvalue weighted by Gasteiger charge is 2.15. The van der Waals surface area contributed by atoms with E-state index >= 15 is 0 Å². The molecular weight excluding hydrogens is 496 g/mol. The van der Waals surface area contributed by atoms with E-state index in [2.05, 4.69) is 10.5 Å². The second-order valence-corrected chi connectivity index (χ2v) is 8.41. The third-order valence-electron chi connectivity index (χ3n) is 5.77. The molecule has 1 N–H and O–H groups in total. The Morgan fingerprint density at radius 1 is 0.872 bits per heavy atom. The number of aromatic nitrogens is 1. The van der Waals surface area contributed by atoms with Crippen molar-refractivity contribution in [3.05, 3.63) is 136 Å². The maximum atomic E-state index is 13.1. The van der Waals surface area contributed by atoms with E-state index in [4.69, 9.17) is 9.72 Å². The Balaban J connectivity index is 1.32. The van der Waals surface area contributed by atoms with E-state index < -0.39 is 16.8 Å². The first kappa shape index (κ1) is 25.0. The summed E-state index contributed by atoms with van der Waals surface area (Å²) in [6.07, 6.45) is 1.42. The first-order valence-corrected chi connectivity index (χ1v) is 11.8. The summed E-state index contributed by atoms with van der Waals surface area (Å²) in [4.78, 5) is 40.6. The molecule has 39 heavy (non-hydrogen) atoms. The summed E-state index contributed by atoms with van der Waals surface area (Å²) in [6.45, 7) is 0. The van der Waals surface area contributed by atoms with Gasteiger partial charge in [-0.25, -0.2) is 15.2 Å². The van der Waals surface area contributed by atoms with E-state index in [9.17, 15) is 19.7 Å². The molecule has 1 aromatic heterocycles. The van der Waals surface area contributed by atoms with E-state index in [0.717, 1.165) is 11.6 Å². The summed E-state index contributed by atoms with van der Waals surface area (Å²) in [5, 5.41) is 15.7. The summed E-state index contributed by atoms with van der Waals surface area (Å²) in [7, 11) is 0. The van der Waals surface area contributed by atoms with Crippen molar-refractivity contribution in [2.75, 3.05) is 0 Å². The number of fused-ring (bicyclic) bond motifs is 1. The molecule has 0 saturated carbocycles. The van der Waals surface area contributed by atoms with Crippen molar-refractivity contribution in [3.8, 4) is 17.0 Å². The van der Waals surface area contributed by atoms with Crippen LogP contribution in [0.3, 0.4) is 0 Å². The van der Waals surface area contributed by atoms with Gasteiger partial charge in [-0.3, -0.25) is 14.9 Å². The maximum Gasteiger partial charge on any atom is 0.343 e. The Bertz CT molecular complexity index is 1730. The molecule has 5 aromatic rings. The minimum atomic E-state index is -0.736. The lowest BCUT2D eigenvalue weighted by molar-refractivity contribution is -0.384. The topological polar surface area (TPSA) is 124 Å².